The third-order valence-corrected chi connectivity index (χ3v) is 5.93. The third kappa shape index (κ3) is 5.86. The lowest BCUT2D eigenvalue weighted by molar-refractivity contribution is 0.102. The molecule has 3 rings (SSSR count). The molecular formula is C24H31N3OS. The molecule has 154 valence electrons. The van der Waals surface area contributed by atoms with Gasteiger partial charge < -0.3 is 10.2 Å². The fraction of sp³-hybridized carbons (Fsp3) is 0.417. The first-order valence-corrected chi connectivity index (χ1v) is 11.4. The van der Waals surface area contributed by atoms with E-state index in [2.05, 4.69) is 37.9 Å². The maximum absolute atomic E-state index is 12.9. The van der Waals surface area contributed by atoms with E-state index in [0.717, 1.165) is 35.3 Å². The zero-order valence-electron chi connectivity index (χ0n) is 17.8. The van der Waals surface area contributed by atoms with E-state index in [4.69, 9.17) is 4.99 Å². The summed E-state index contributed by atoms with van der Waals surface area (Å²) >= 11 is 1.81. The Morgan fingerprint density at radius 2 is 1.76 bits per heavy atom. The number of hydrogen-bond acceptors (Lipinski definition) is 3. The summed E-state index contributed by atoms with van der Waals surface area (Å²) in [7, 11) is 0. The number of carbonyl (C=O) groups excluding carboxylic acids is 1. The van der Waals surface area contributed by atoms with Gasteiger partial charge in [-0.3, -0.25) is 4.79 Å². The fourth-order valence-corrected chi connectivity index (χ4v) is 4.75. The van der Waals surface area contributed by atoms with Crippen molar-refractivity contribution >= 4 is 34.2 Å². The molecule has 0 bridgehead atoms. The van der Waals surface area contributed by atoms with E-state index >= 15 is 0 Å². The SMILES string of the molecule is CC(C)CC1CSC(=Nc2ccccc2C(=O)Nc2ccccc2)N1CC(C)C. The van der Waals surface area contributed by atoms with Crippen LogP contribution in [0.15, 0.2) is 59.6 Å². The van der Waals surface area contributed by atoms with Crippen LogP contribution in [0.4, 0.5) is 11.4 Å². The van der Waals surface area contributed by atoms with Gasteiger partial charge in [-0.1, -0.05) is 69.8 Å². The molecule has 1 unspecified atom stereocenters. The molecular weight excluding hydrogens is 378 g/mol. The second-order valence-electron chi connectivity index (χ2n) is 8.37. The minimum atomic E-state index is -0.131. The molecule has 1 N–H and O–H groups in total. The van der Waals surface area contributed by atoms with E-state index in [-0.39, 0.29) is 5.91 Å². The predicted octanol–water partition coefficient (Wildman–Crippen LogP) is 6.05. The van der Waals surface area contributed by atoms with Crippen molar-refractivity contribution in [1.29, 1.82) is 0 Å². The summed E-state index contributed by atoms with van der Waals surface area (Å²) in [6, 6.07) is 17.6. The highest BCUT2D eigenvalue weighted by atomic mass is 32.2. The number of thioether (sulfide) groups is 1. The van der Waals surface area contributed by atoms with E-state index in [1.165, 1.54) is 0 Å². The molecule has 29 heavy (non-hydrogen) atoms. The maximum Gasteiger partial charge on any atom is 0.257 e. The summed E-state index contributed by atoms with van der Waals surface area (Å²) in [5.74, 6) is 2.14. The summed E-state index contributed by atoms with van der Waals surface area (Å²) in [5.41, 5.74) is 2.11. The van der Waals surface area contributed by atoms with Crippen LogP contribution in [-0.2, 0) is 0 Å². The van der Waals surface area contributed by atoms with Gasteiger partial charge in [-0.2, -0.15) is 0 Å². The number of rotatable bonds is 7. The van der Waals surface area contributed by atoms with Crippen LogP contribution >= 0.6 is 11.8 Å². The van der Waals surface area contributed by atoms with Crippen molar-refractivity contribution in [3.05, 3.63) is 60.2 Å². The topological polar surface area (TPSA) is 44.7 Å². The van der Waals surface area contributed by atoms with Crippen molar-refractivity contribution < 1.29 is 4.79 Å². The third-order valence-electron chi connectivity index (χ3n) is 4.79. The quantitative estimate of drug-likeness (QED) is 0.606. The van der Waals surface area contributed by atoms with Crippen LogP contribution < -0.4 is 5.32 Å². The predicted molar refractivity (Wildman–Crippen MR) is 125 cm³/mol. The van der Waals surface area contributed by atoms with Crippen molar-refractivity contribution in [1.82, 2.24) is 4.90 Å². The van der Waals surface area contributed by atoms with Crippen LogP contribution in [0, 0.1) is 11.8 Å². The molecule has 1 heterocycles. The van der Waals surface area contributed by atoms with Gasteiger partial charge in [0.2, 0.25) is 0 Å². The monoisotopic (exact) mass is 409 g/mol. The molecule has 1 fully saturated rings. The van der Waals surface area contributed by atoms with Crippen molar-refractivity contribution in [3.63, 3.8) is 0 Å². The van der Waals surface area contributed by atoms with Gasteiger partial charge >= 0.3 is 0 Å². The normalized spacial score (nSPS) is 18.1. The second kappa shape index (κ2) is 9.97. The van der Waals surface area contributed by atoms with E-state index in [1.807, 2.05) is 54.6 Å². The highest BCUT2D eigenvalue weighted by Gasteiger charge is 2.31. The minimum absolute atomic E-state index is 0.131. The zero-order valence-corrected chi connectivity index (χ0v) is 18.6. The van der Waals surface area contributed by atoms with Crippen LogP contribution in [-0.4, -0.2) is 34.3 Å². The van der Waals surface area contributed by atoms with Crippen molar-refractivity contribution in [3.8, 4) is 0 Å². The number of para-hydroxylation sites is 2. The van der Waals surface area contributed by atoms with Gasteiger partial charge in [-0.25, -0.2) is 4.99 Å². The Labute approximate surface area is 178 Å². The molecule has 0 aromatic heterocycles. The van der Waals surface area contributed by atoms with Gasteiger partial charge in [0, 0.05) is 24.0 Å². The Morgan fingerprint density at radius 3 is 2.45 bits per heavy atom. The van der Waals surface area contributed by atoms with Gasteiger partial charge in [0.1, 0.15) is 0 Å². The highest BCUT2D eigenvalue weighted by Crippen LogP contribution is 2.32. The molecule has 1 atom stereocenters. The Balaban J connectivity index is 1.86. The van der Waals surface area contributed by atoms with Crippen molar-refractivity contribution in [2.75, 3.05) is 17.6 Å². The largest absolute Gasteiger partial charge is 0.347 e. The molecule has 1 aliphatic heterocycles. The zero-order chi connectivity index (χ0) is 20.8. The standard InChI is InChI=1S/C24H31N3OS/c1-17(2)14-20-16-29-24(27(20)15-18(3)4)26-22-13-9-8-12-21(22)23(28)25-19-10-6-5-7-11-19/h5-13,17-18,20H,14-16H2,1-4H3,(H,25,28). The average Bonchev–Trinajstić information content (AvgIpc) is 3.03. The lowest BCUT2D eigenvalue weighted by Crippen LogP contribution is -2.37. The number of benzene rings is 2. The molecule has 2 aromatic carbocycles. The second-order valence-corrected chi connectivity index (χ2v) is 9.36. The Morgan fingerprint density at radius 1 is 1.07 bits per heavy atom. The molecule has 1 saturated heterocycles. The Hall–Kier alpha value is -2.27. The Kier molecular flexibility index (Phi) is 7.37. The molecule has 4 nitrogen and oxygen atoms in total. The smallest absolute Gasteiger partial charge is 0.257 e. The number of aliphatic imine (C=N–C) groups is 1. The highest BCUT2D eigenvalue weighted by molar-refractivity contribution is 8.14. The first-order chi connectivity index (χ1) is 13.9. The van der Waals surface area contributed by atoms with Gasteiger partial charge in [0.05, 0.1) is 11.3 Å². The first-order valence-electron chi connectivity index (χ1n) is 10.4. The van der Waals surface area contributed by atoms with Crippen LogP contribution in [0.3, 0.4) is 0 Å². The van der Waals surface area contributed by atoms with Crippen LogP contribution in [0.25, 0.3) is 0 Å². The van der Waals surface area contributed by atoms with E-state index < -0.39 is 0 Å². The number of amidine groups is 1. The summed E-state index contributed by atoms with van der Waals surface area (Å²) in [6.07, 6.45) is 1.16. The molecule has 5 heteroatoms. The number of anilines is 1. The molecule has 0 saturated carbocycles. The van der Waals surface area contributed by atoms with Gasteiger partial charge in [-0.15, -0.1) is 0 Å². The van der Waals surface area contributed by atoms with Crippen LogP contribution in [0.1, 0.15) is 44.5 Å². The molecule has 0 spiro atoms. The van der Waals surface area contributed by atoms with Crippen molar-refractivity contribution in [2.45, 2.75) is 40.2 Å². The lowest BCUT2D eigenvalue weighted by atomic mass is 10.0. The summed E-state index contributed by atoms with van der Waals surface area (Å²) < 4.78 is 0. The van der Waals surface area contributed by atoms with Gasteiger partial charge in [-0.05, 0) is 42.5 Å². The van der Waals surface area contributed by atoms with Gasteiger partial charge in [0.25, 0.3) is 5.91 Å². The first kappa shape index (κ1) is 21.4. The summed E-state index contributed by atoms with van der Waals surface area (Å²) in [5, 5.41) is 4.00. The van der Waals surface area contributed by atoms with E-state index in [1.54, 1.807) is 11.8 Å². The number of nitrogens with one attached hydrogen (secondary N) is 1. The molecule has 0 radical (unpaired) electrons. The van der Waals surface area contributed by atoms with E-state index in [9.17, 15) is 4.79 Å². The molecule has 2 aromatic rings. The van der Waals surface area contributed by atoms with E-state index in [0.29, 0.717) is 23.4 Å². The molecule has 0 aliphatic carbocycles. The fourth-order valence-electron chi connectivity index (χ4n) is 3.54. The lowest BCUT2D eigenvalue weighted by Gasteiger charge is -2.29. The number of carbonyl (C=O) groups is 1. The summed E-state index contributed by atoms with van der Waals surface area (Å²) in [4.78, 5) is 20.3. The van der Waals surface area contributed by atoms with Crippen LogP contribution in [0.2, 0.25) is 0 Å². The molecule has 1 aliphatic rings. The minimum Gasteiger partial charge on any atom is -0.347 e. The Bertz CT molecular complexity index is 848. The number of nitrogens with zero attached hydrogens (tertiary/aromatic N) is 2. The maximum atomic E-state index is 12.9. The number of hydrogen-bond donors (Lipinski definition) is 1. The summed E-state index contributed by atoms with van der Waals surface area (Å²) in [6.45, 7) is 10.0. The van der Waals surface area contributed by atoms with Gasteiger partial charge in [0.15, 0.2) is 5.17 Å². The number of amides is 1. The average molecular weight is 410 g/mol. The molecule has 1 amide bonds. The van der Waals surface area contributed by atoms with Crippen molar-refractivity contribution in [2.24, 2.45) is 16.8 Å². The van der Waals surface area contributed by atoms with Crippen LogP contribution in [0.5, 0.6) is 0 Å².